The number of ketones is 2. The van der Waals surface area contributed by atoms with E-state index in [1.807, 2.05) is 13.0 Å². The maximum absolute atomic E-state index is 13.2. The summed E-state index contributed by atoms with van der Waals surface area (Å²) in [5.41, 5.74) is -1.82. The normalized spacial score (nSPS) is 43.9. The molecule has 7 nitrogen and oxygen atoms in total. The van der Waals surface area contributed by atoms with Gasteiger partial charge in [-0.2, -0.15) is 0 Å². The molecular weight excluding hydrogens is 424 g/mol. The molecule has 33 heavy (non-hydrogen) atoms. The Labute approximate surface area is 195 Å². The average Bonchev–Trinajstić information content (AvgIpc) is 3.03. The van der Waals surface area contributed by atoms with E-state index < -0.39 is 40.9 Å². The Morgan fingerprint density at radius 3 is 2.67 bits per heavy atom. The maximum Gasteiger partial charge on any atom is 0.332 e. The molecule has 0 aromatic carbocycles. The van der Waals surface area contributed by atoms with Crippen LogP contribution in [-0.4, -0.2) is 59.3 Å². The second-order valence-corrected chi connectivity index (χ2v) is 10.9. The summed E-state index contributed by atoms with van der Waals surface area (Å²) < 4.78 is 10.1. The number of carbonyl (C=O) groups is 3. The fraction of sp³-hybridized carbons (Fsp3) is 0.731. The van der Waals surface area contributed by atoms with Crippen molar-refractivity contribution < 1.29 is 34.1 Å². The van der Waals surface area contributed by atoms with Crippen molar-refractivity contribution in [1.82, 2.24) is 0 Å². The van der Waals surface area contributed by atoms with E-state index in [2.05, 4.69) is 13.8 Å². The predicted molar refractivity (Wildman–Crippen MR) is 120 cm³/mol. The van der Waals surface area contributed by atoms with Crippen LogP contribution < -0.4 is 0 Å². The van der Waals surface area contributed by atoms with Crippen molar-refractivity contribution in [1.29, 1.82) is 0 Å². The SMILES string of the molecule is CCOCC(=O)OCC(=O)[C@@]1(O)CC[C@H]2[C@@H]3CC(C)C4=CC(=O)C=C[C@]4(C)[C@H]3C(O)C[C@@]21C. The van der Waals surface area contributed by atoms with Crippen molar-refractivity contribution in [2.45, 2.75) is 65.1 Å². The highest BCUT2D eigenvalue weighted by Gasteiger charge is 2.68. The van der Waals surface area contributed by atoms with Gasteiger partial charge in [-0.05, 0) is 62.5 Å². The zero-order valence-electron chi connectivity index (χ0n) is 20.0. The minimum atomic E-state index is -1.66. The highest BCUT2D eigenvalue weighted by Crippen LogP contribution is 2.67. The molecule has 0 spiro atoms. The third-order valence-electron chi connectivity index (χ3n) is 9.22. The Kier molecular flexibility index (Phi) is 6.21. The zero-order valence-corrected chi connectivity index (χ0v) is 20.0. The largest absolute Gasteiger partial charge is 0.456 e. The number of aliphatic hydroxyl groups excluding tert-OH is 1. The van der Waals surface area contributed by atoms with Crippen molar-refractivity contribution in [3.8, 4) is 0 Å². The molecule has 3 saturated carbocycles. The van der Waals surface area contributed by atoms with Crippen molar-refractivity contribution in [3.05, 3.63) is 23.8 Å². The number of allylic oxidation sites excluding steroid dienone is 4. The van der Waals surface area contributed by atoms with Crippen LogP contribution in [0.1, 0.15) is 53.4 Å². The number of aliphatic hydroxyl groups is 2. The molecule has 0 saturated heterocycles. The molecule has 0 aromatic rings. The molecule has 3 fully saturated rings. The summed E-state index contributed by atoms with van der Waals surface area (Å²) in [4.78, 5) is 37.0. The summed E-state index contributed by atoms with van der Waals surface area (Å²) in [5, 5.41) is 23.1. The van der Waals surface area contributed by atoms with Gasteiger partial charge in [-0.3, -0.25) is 9.59 Å². The van der Waals surface area contributed by atoms with Crippen LogP contribution in [0.5, 0.6) is 0 Å². The van der Waals surface area contributed by atoms with Gasteiger partial charge >= 0.3 is 5.97 Å². The minimum Gasteiger partial charge on any atom is -0.456 e. The number of fused-ring (bicyclic) bond motifs is 5. The van der Waals surface area contributed by atoms with E-state index in [0.717, 1.165) is 12.0 Å². The Balaban J connectivity index is 1.59. The lowest BCUT2D eigenvalue weighted by Gasteiger charge is -2.60. The van der Waals surface area contributed by atoms with Gasteiger partial charge < -0.3 is 19.7 Å². The fourth-order valence-electron chi connectivity index (χ4n) is 7.70. The van der Waals surface area contributed by atoms with Crippen LogP contribution in [0.2, 0.25) is 0 Å². The number of hydrogen-bond donors (Lipinski definition) is 2. The van der Waals surface area contributed by atoms with E-state index in [4.69, 9.17) is 9.47 Å². The van der Waals surface area contributed by atoms with Crippen LogP contribution in [0, 0.1) is 34.5 Å². The van der Waals surface area contributed by atoms with Crippen LogP contribution in [0.4, 0.5) is 0 Å². The predicted octanol–water partition coefficient (Wildman–Crippen LogP) is 2.39. The van der Waals surface area contributed by atoms with Gasteiger partial charge in [0.2, 0.25) is 5.78 Å². The molecule has 0 heterocycles. The molecule has 0 radical (unpaired) electrons. The van der Waals surface area contributed by atoms with Crippen LogP contribution >= 0.6 is 0 Å². The molecule has 0 aromatic heterocycles. The molecule has 0 amide bonds. The first-order chi connectivity index (χ1) is 15.5. The van der Waals surface area contributed by atoms with Gasteiger partial charge in [0.25, 0.3) is 0 Å². The van der Waals surface area contributed by atoms with Crippen molar-refractivity contribution in [3.63, 3.8) is 0 Å². The smallest absolute Gasteiger partial charge is 0.332 e. The highest BCUT2D eigenvalue weighted by atomic mass is 16.6. The minimum absolute atomic E-state index is 0.0114. The number of esters is 1. The lowest BCUT2D eigenvalue weighted by molar-refractivity contribution is -0.183. The molecule has 4 aliphatic rings. The summed E-state index contributed by atoms with van der Waals surface area (Å²) in [7, 11) is 0. The summed E-state index contributed by atoms with van der Waals surface area (Å²) in [5.74, 6) is -0.914. The Hall–Kier alpha value is -1.83. The molecule has 0 bridgehead atoms. The first-order valence-electron chi connectivity index (χ1n) is 12.1. The number of carbonyl (C=O) groups excluding carboxylic acids is 3. The van der Waals surface area contributed by atoms with E-state index in [0.29, 0.717) is 13.0 Å². The second-order valence-electron chi connectivity index (χ2n) is 10.9. The Morgan fingerprint density at radius 1 is 1.24 bits per heavy atom. The van der Waals surface area contributed by atoms with E-state index in [-0.39, 0.29) is 48.9 Å². The highest BCUT2D eigenvalue weighted by molar-refractivity contribution is 6.01. The van der Waals surface area contributed by atoms with Gasteiger partial charge in [-0.1, -0.05) is 32.4 Å². The standard InChI is InChI=1S/C26H36O7/c1-5-32-14-22(30)33-13-21(29)26(31)9-7-18-17-10-15(2)19-11-16(27)6-8-24(19,3)23(17)20(28)12-25(18,26)4/h6,8,11,15,17-18,20,23,28,31H,5,7,9-10,12-14H2,1-4H3/t15?,17-,18-,20?,23+,24-,25-,26-/m0/s1. The quantitative estimate of drug-likeness (QED) is 0.586. The number of rotatable bonds is 6. The third-order valence-corrected chi connectivity index (χ3v) is 9.22. The van der Waals surface area contributed by atoms with Gasteiger partial charge in [-0.25, -0.2) is 4.79 Å². The van der Waals surface area contributed by atoms with Gasteiger partial charge in [-0.15, -0.1) is 0 Å². The van der Waals surface area contributed by atoms with Crippen LogP contribution in [0.3, 0.4) is 0 Å². The lowest BCUT2D eigenvalue weighted by atomic mass is 9.45. The average molecular weight is 461 g/mol. The number of ether oxygens (including phenoxy) is 2. The molecule has 7 heteroatoms. The molecule has 2 N–H and O–H groups in total. The first kappa shape index (κ1) is 24.3. The zero-order chi connectivity index (χ0) is 24.2. The van der Waals surface area contributed by atoms with Gasteiger partial charge in [0.1, 0.15) is 12.2 Å². The maximum atomic E-state index is 13.2. The molecular formula is C26H36O7. The molecule has 4 rings (SSSR count). The Bertz CT molecular complexity index is 906. The lowest BCUT2D eigenvalue weighted by Crippen LogP contribution is -2.62. The molecule has 4 aliphatic carbocycles. The summed E-state index contributed by atoms with van der Waals surface area (Å²) in [6, 6.07) is 0. The van der Waals surface area contributed by atoms with E-state index in [1.165, 1.54) is 0 Å². The van der Waals surface area contributed by atoms with Gasteiger partial charge in [0.05, 0.1) is 6.10 Å². The van der Waals surface area contributed by atoms with Crippen LogP contribution in [-0.2, 0) is 23.9 Å². The molecule has 2 unspecified atom stereocenters. The second kappa shape index (κ2) is 8.43. The molecule has 182 valence electrons. The number of hydrogen-bond acceptors (Lipinski definition) is 7. The number of Topliss-reactive ketones (excluding diaryl/α,β-unsaturated/α-hetero) is 1. The summed E-state index contributed by atoms with van der Waals surface area (Å²) >= 11 is 0. The van der Waals surface area contributed by atoms with Crippen LogP contribution in [0.15, 0.2) is 23.8 Å². The van der Waals surface area contributed by atoms with E-state index >= 15 is 0 Å². The molecule has 0 aliphatic heterocycles. The van der Waals surface area contributed by atoms with Crippen molar-refractivity contribution in [2.24, 2.45) is 34.5 Å². The van der Waals surface area contributed by atoms with Gasteiger partial charge in [0.15, 0.2) is 12.4 Å². The van der Waals surface area contributed by atoms with Gasteiger partial charge in [0, 0.05) is 23.4 Å². The summed E-state index contributed by atoms with van der Waals surface area (Å²) in [6.45, 7) is 7.52. The monoisotopic (exact) mass is 460 g/mol. The fourth-order valence-corrected chi connectivity index (χ4v) is 7.70. The first-order valence-corrected chi connectivity index (χ1v) is 12.1. The summed E-state index contributed by atoms with van der Waals surface area (Å²) in [6.07, 6.45) is 6.60. The van der Waals surface area contributed by atoms with E-state index in [1.54, 1.807) is 19.1 Å². The third kappa shape index (κ3) is 3.63. The van der Waals surface area contributed by atoms with Crippen LogP contribution in [0.25, 0.3) is 0 Å². The van der Waals surface area contributed by atoms with Crippen molar-refractivity contribution in [2.75, 3.05) is 19.8 Å². The topological polar surface area (TPSA) is 110 Å². The molecule has 8 atom stereocenters. The Morgan fingerprint density at radius 2 is 1.97 bits per heavy atom. The van der Waals surface area contributed by atoms with Crippen molar-refractivity contribution >= 4 is 17.5 Å². The van der Waals surface area contributed by atoms with E-state index in [9.17, 15) is 24.6 Å².